The number of terminal acetylenes is 1. The largest absolute Gasteiger partial charge is 0.444 e. The van der Waals surface area contributed by atoms with Crippen molar-refractivity contribution < 1.29 is 9.53 Å². The molecule has 0 aromatic heterocycles. The molecule has 0 bridgehead atoms. The summed E-state index contributed by atoms with van der Waals surface area (Å²) < 4.78 is 5.43. The minimum absolute atomic E-state index is 0.189. The van der Waals surface area contributed by atoms with E-state index in [2.05, 4.69) is 11.2 Å². The lowest BCUT2D eigenvalue weighted by Crippen LogP contribution is -2.38. The molecule has 1 atom stereocenters. The topological polar surface area (TPSA) is 41.6 Å². The average molecular weight is 280 g/mol. The van der Waals surface area contributed by atoms with Gasteiger partial charge in [0.2, 0.25) is 0 Å². The van der Waals surface area contributed by atoms with E-state index < -0.39 is 5.60 Å². The Hall–Kier alpha value is -1.21. The molecule has 1 heterocycles. The molecule has 0 saturated carbocycles. The molecule has 1 N–H and O–H groups in total. The van der Waals surface area contributed by atoms with Crippen molar-refractivity contribution in [3.8, 4) is 12.3 Å². The SMILES string of the molecule is C#CCCCNC1CCCN(C(=O)OC(C)(C)C)CC1. The maximum absolute atomic E-state index is 12.0. The second-order valence-electron chi connectivity index (χ2n) is 6.36. The molecule has 4 nitrogen and oxygen atoms in total. The van der Waals surface area contributed by atoms with Crippen LogP contribution in [0.25, 0.3) is 0 Å². The number of carbonyl (C=O) groups is 1. The number of amides is 1. The highest BCUT2D eigenvalue weighted by atomic mass is 16.6. The third kappa shape index (κ3) is 6.81. The van der Waals surface area contributed by atoms with Crippen LogP contribution in [0.3, 0.4) is 0 Å². The number of carbonyl (C=O) groups excluding carboxylic acids is 1. The monoisotopic (exact) mass is 280 g/mol. The third-order valence-corrected chi connectivity index (χ3v) is 3.31. The van der Waals surface area contributed by atoms with E-state index in [-0.39, 0.29) is 6.09 Å². The molecule has 1 saturated heterocycles. The molecule has 1 unspecified atom stereocenters. The molecule has 0 aromatic carbocycles. The first-order valence-corrected chi connectivity index (χ1v) is 7.57. The molecular weight excluding hydrogens is 252 g/mol. The van der Waals surface area contributed by atoms with Gasteiger partial charge in [-0.15, -0.1) is 12.3 Å². The Kier molecular flexibility index (Phi) is 6.87. The summed E-state index contributed by atoms with van der Waals surface area (Å²) >= 11 is 0. The Balaban J connectivity index is 2.32. The summed E-state index contributed by atoms with van der Waals surface area (Å²) in [6.07, 6.45) is 10.00. The van der Waals surface area contributed by atoms with E-state index in [1.807, 2.05) is 25.7 Å². The number of hydrogen-bond donors (Lipinski definition) is 1. The molecule has 1 aliphatic heterocycles. The quantitative estimate of drug-likeness (QED) is 0.636. The molecule has 114 valence electrons. The highest BCUT2D eigenvalue weighted by Gasteiger charge is 2.24. The molecule has 0 radical (unpaired) electrons. The van der Waals surface area contributed by atoms with E-state index in [4.69, 9.17) is 11.2 Å². The fourth-order valence-electron chi connectivity index (χ4n) is 2.31. The Morgan fingerprint density at radius 1 is 1.40 bits per heavy atom. The van der Waals surface area contributed by atoms with Crippen LogP contribution in [0, 0.1) is 12.3 Å². The summed E-state index contributed by atoms with van der Waals surface area (Å²) in [5, 5.41) is 3.53. The zero-order valence-corrected chi connectivity index (χ0v) is 13.1. The number of hydrogen-bond acceptors (Lipinski definition) is 3. The summed E-state index contributed by atoms with van der Waals surface area (Å²) in [5.41, 5.74) is -0.420. The van der Waals surface area contributed by atoms with Gasteiger partial charge in [0.15, 0.2) is 0 Å². The van der Waals surface area contributed by atoms with Crippen LogP contribution < -0.4 is 5.32 Å². The maximum Gasteiger partial charge on any atom is 0.410 e. The predicted molar refractivity (Wildman–Crippen MR) is 81.5 cm³/mol. The maximum atomic E-state index is 12.0. The lowest BCUT2D eigenvalue weighted by atomic mass is 10.1. The minimum Gasteiger partial charge on any atom is -0.444 e. The van der Waals surface area contributed by atoms with Crippen molar-refractivity contribution in [2.24, 2.45) is 0 Å². The van der Waals surface area contributed by atoms with E-state index in [1.165, 1.54) is 0 Å². The molecule has 4 heteroatoms. The number of ether oxygens (including phenoxy) is 1. The standard InChI is InChI=1S/C16H28N2O2/c1-5-6-7-11-17-14-9-8-12-18(13-10-14)15(19)20-16(2,3)4/h1,14,17H,6-13H2,2-4H3. The molecule has 0 aliphatic carbocycles. The number of rotatable bonds is 4. The molecule has 1 amide bonds. The van der Waals surface area contributed by atoms with E-state index >= 15 is 0 Å². The molecule has 1 rings (SSSR count). The van der Waals surface area contributed by atoms with Gasteiger partial charge < -0.3 is 15.0 Å². The summed E-state index contributed by atoms with van der Waals surface area (Å²) in [7, 11) is 0. The molecule has 1 aliphatic rings. The predicted octanol–water partition coefficient (Wildman–Crippen LogP) is 2.78. The molecule has 0 spiro atoms. The zero-order valence-electron chi connectivity index (χ0n) is 13.1. The number of nitrogens with one attached hydrogen (secondary N) is 1. The van der Waals surface area contributed by atoms with Crippen molar-refractivity contribution in [1.29, 1.82) is 0 Å². The normalized spacial score (nSPS) is 20.1. The minimum atomic E-state index is -0.420. The van der Waals surface area contributed by atoms with Crippen molar-refractivity contribution in [1.82, 2.24) is 10.2 Å². The van der Waals surface area contributed by atoms with Crippen LogP contribution in [-0.2, 0) is 4.74 Å². The van der Waals surface area contributed by atoms with Crippen molar-refractivity contribution in [3.63, 3.8) is 0 Å². The molecule has 0 aromatic rings. The van der Waals surface area contributed by atoms with Gasteiger partial charge in [-0.3, -0.25) is 0 Å². The van der Waals surface area contributed by atoms with Crippen LogP contribution >= 0.6 is 0 Å². The molecule has 1 fully saturated rings. The fraction of sp³-hybridized carbons (Fsp3) is 0.812. The first-order valence-electron chi connectivity index (χ1n) is 7.57. The second-order valence-corrected chi connectivity index (χ2v) is 6.36. The Morgan fingerprint density at radius 2 is 2.15 bits per heavy atom. The smallest absolute Gasteiger partial charge is 0.410 e. The van der Waals surface area contributed by atoms with E-state index in [1.54, 1.807) is 0 Å². The van der Waals surface area contributed by atoms with Crippen molar-refractivity contribution >= 4 is 6.09 Å². The Labute approximate surface area is 123 Å². The van der Waals surface area contributed by atoms with Gasteiger partial charge in [0.05, 0.1) is 0 Å². The first-order chi connectivity index (χ1) is 9.42. The van der Waals surface area contributed by atoms with Crippen molar-refractivity contribution in [2.75, 3.05) is 19.6 Å². The lowest BCUT2D eigenvalue weighted by molar-refractivity contribution is 0.0256. The van der Waals surface area contributed by atoms with Gasteiger partial charge in [-0.2, -0.15) is 0 Å². The molecule has 20 heavy (non-hydrogen) atoms. The Bertz CT molecular complexity index is 341. The first kappa shape index (κ1) is 16.8. The number of unbranched alkanes of at least 4 members (excludes halogenated alkanes) is 1. The number of likely N-dealkylation sites (tertiary alicyclic amines) is 1. The third-order valence-electron chi connectivity index (χ3n) is 3.31. The van der Waals surface area contributed by atoms with Crippen molar-refractivity contribution in [3.05, 3.63) is 0 Å². The van der Waals surface area contributed by atoms with Gasteiger partial charge in [-0.1, -0.05) is 0 Å². The van der Waals surface area contributed by atoms with Gasteiger partial charge >= 0.3 is 6.09 Å². The van der Waals surface area contributed by atoms with E-state index in [0.717, 1.165) is 51.7 Å². The zero-order chi connectivity index (χ0) is 15.0. The highest BCUT2D eigenvalue weighted by Crippen LogP contribution is 2.15. The highest BCUT2D eigenvalue weighted by molar-refractivity contribution is 5.68. The van der Waals surface area contributed by atoms with Crippen LogP contribution in [0.1, 0.15) is 52.9 Å². The summed E-state index contributed by atoms with van der Waals surface area (Å²) in [6, 6.07) is 0.486. The van der Waals surface area contributed by atoms with Crippen LogP contribution in [-0.4, -0.2) is 42.3 Å². The van der Waals surface area contributed by atoms with E-state index in [9.17, 15) is 4.79 Å². The average Bonchev–Trinajstić information content (AvgIpc) is 2.58. The fourth-order valence-corrected chi connectivity index (χ4v) is 2.31. The number of nitrogens with zero attached hydrogens (tertiary/aromatic N) is 1. The van der Waals surface area contributed by atoms with Crippen LogP contribution in [0.15, 0.2) is 0 Å². The van der Waals surface area contributed by atoms with Gasteiger partial charge in [0, 0.05) is 25.6 Å². The van der Waals surface area contributed by atoms with Crippen molar-refractivity contribution in [2.45, 2.75) is 64.5 Å². The van der Waals surface area contributed by atoms with Gasteiger partial charge in [0.1, 0.15) is 5.60 Å². The summed E-state index contributed by atoms with van der Waals surface area (Å²) in [6.45, 7) is 8.22. The second kappa shape index (κ2) is 8.16. The molecular formula is C16H28N2O2. The van der Waals surface area contributed by atoms with Gasteiger partial charge in [-0.25, -0.2) is 4.79 Å². The van der Waals surface area contributed by atoms with Crippen LogP contribution in [0.2, 0.25) is 0 Å². The van der Waals surface area contributed by atoms with Gasteiger partial charge in [-0.05, 0) is 53.0 Å². The summed E-state index contributed by atoms with van der Waals surface area (Å²) in [4.78, 5) is 13.9. The van der Waals surface area contributed by atoms with Crippen LogP contribution in [0.4, 0.5) is 4.79 Å². The van der Waals surface area contributed by atoms with Crippen LogP contribution in [0.5, 0.6) is 0 Å². The lowest BCUT2D eigenvalue weighted by Gasteiger charge is -2.26. The Morgan fingerprint density at radius 3 is 2.80 bits per heavy atom. The van der Waals surface area contributed by atoms with E-state index in [0.29, 0.717) is 6.04 Å². The van der Waals surface area contributed by atoms with Gasteiger partial charge in [0.25, 0.3) is 0 Å². The summed E-state index contributed by atoms with van der Waals surface area (Å²) in [5.74, 6) is 2.65.